The molecule has 0 unspecified atom stereocenters. The van der Waals surface area contributed by atoms with Gasteiger partial charge in [0.25, 0.3) is 0 Å². The number of fused-ring (bicyclic) bond motifs is 2. The van der Waals surface area contributed by atoms with Gasteiger partial charge < -0.3 is 5.43 Å². The van der Waals surface area contributed by atoms with E-state index in [0.717, 1.165) is 24.3 Å². The van der Waals surface area contributed by atoms with Crippen molar-refractivity contribution >= 4 is 11.5 Å². The molecule has 0 aromatic carbocycles. The number of rotatable bonds is 2. The molecule has 1 saturated carbocycles. The maximum absolute atomic E-state index is 5.74. The van der Waals surface area contributed by atoms with Crippen LogP contribution in [0.2, 0.25) is 0 Å². The summed E-state index contributed by atoms with van der Waals surface area (Å²) in [4.78, 5) is 4.78. The van der Waals surface area contributed by atoms with E-state index in [1.54, 1.807) is 0 Å². The zero-order valence-corrected chi connectivity index (χ0v) is 11.7. The molecule has 2 aliphatic carbocycles. The number of aromatic nitrogens is 3. The molecule has 0 atom stereocenters. The smallest absolute Gasteiger partial charge is 0.157 e. The van der Waals surface area contributed by atoms with Crippen molar-refractivity contribution in [2.75, 3.05) is 5.43 Å². The van der Waals surface area contributed by atoms with E-state index >= 15 is 0 Å². The first-order valence-electron chi connectivity index (χ1n) is 7.75. The van der Waals surface area contributed by atoms with E-state index in [9.17, 15) is 0 Å². The standard InChI is InChI=1S/C15H21N5/c16-18-15-11-7-4-8-12(11)17-14-9-13(19-20(14)15)10-5-2-1-3-6-10/h9-10,18H,1-8,16H2. The Morgan fingerprint density at radius 1 is 1.15 bits per heavy atom. The first kappa shape index (κ1) is 12.1. The number of anilines is 1. The van der Waals surface area contributed by atoms with Gasteiger partial charge in [-0.3, -0.25) is 0 Å². The van der Waals surface area contributed by atoms with E-state index in [1.165, 1.54) is 55.5 Å². The highest BCUT2D eigenvalue weighted by atomic mass is 15.4. The lowest BCUT2D eigenvalue weighted by molar-refractivity contribution is 0.435. The third kappa shape index (κ3) is 1.80. The number of nitrogen functional groups attached to an aromatic ring is 1. The number of nitrogens with two attached hydrogens (primary N) is 1. The Morgan fingerprint density at radius 2 is 2.00 bits per heavy atom. The van der Waals surface area contributed by atoms with Gasteiger partial charge in [-0.15, -0.1) is 0 Å². The fourth-order valence-corrected chi connectivity index (χ4v) is 3.75. The van der Waals surface area contributed by atoms with Crippen molar-refractivity contribution < 1.29 is 0 Å². The molecule has 3 N–H and O–H groups in total. The summed E-state index contributed by atoms with van der Waals surface area (Å²) >= 11 is 0. The Kier molecular flexibility index (Phi) is 2.88. The van der Waals surface area contributed by atoms with Gasteiger partial charge in [0.15, 0.2) is 5.65 Å². The Balaban J connectivity index is 1.82. The minimum Gasteiger partial charge on any atom is -0.308 e. The summed E-state index contributed by atoms with van der Waals surface area (Å²) < 4.78 is 1.91. The Labute approximate surface area is 118 Å². The summed E-state index contributed by atoms with van der Waals surface area (Å²) in [5.74, 6) is 7.28. The third-order valence-corrected chi connectivity index (χ3v) is 4.81. The van der Waals surface area contributed by atoms with Gasteiger partial charge in [-0.05, 0) is 32.1 Å². The van der Waals surface area contributed by atoms with E-state index < -0.39 is 0 Å². The SMILES string of the molecule is NNc1c2c(nc3cc(C4CCCCC4)nn13)CCC2. The predicted octanol–water partition coefficient (Wildman–Crippen LogP) is 2.55. The van der Waals surface area contributed by atoms with E-state index in [4.69, 9.17) is 15.9 Å². The van der Waals surface area contributed by atoms with E-state index in [0.29, 0.717) is 5.92 Å². The minimum atomic E-state index is 0.603. The summed E-state index contributed by atoms with van der Waals surface area (Å²) in [6, 6.07) is 2.16. The van der Waals surface area contributed by atoms with Crippen LogP contribution in [0.15, 0.2) is 6.07 Å². The van der Waals surface area contributed by atoms with Crippen LogP contribution in [0.1, 0.15) is 61.4 Å². The summed E-state index contributed by atoms with van der Waals surface area (Å²) in [5.41, 5.74) is 7.43. The molecule has 2 aliphatic rings. The number of aryl methyl sites for hydroxylation is 1. The van der Waals surface area contributed by atoms with Crippen molar-refractivity contribution in [3.63, 3.8) is 0 Å². The molecule has 1 fully saturated rings. The molecule has 0 spiro atoms. The molecule has 0 bridgehead atoms. The molecule has 5 nitrogen and oxygen atoms in total. The first-order valence-corrected chi connectivity index (χ1v) is 7.75. The summed E-state index contributed by atoms with van der Waals surface area (Å²) in [6.45, 7) is 0. The summed E-state index contributed by atoms with van der Waals surface area (Å²) in [5, 5.41) is 4.80. The summed E-state index contributed by atoms with van der Waals surface area (Å²) in [7, 11) is 0. The molecule has 0 amide bonds. The lowest BCUT2D eigenvalue weighted by atomic mass is 9.87. The average molecular weight is 271 g/mol. The molecule has 2 aromatic rings. The molecule has 5 heteroatoms. The van der Waals surface area contributed by atoms with Crippen molar-refractivity contribution in [1.82, 2.24) is 14.6 Å². The maximum Gasteiger partial charge on any atom is 0.157 e. The molecule has 4 rings (SSSR count). The molecule has 0 saturated heterocycles. The van der Waals surface area contributed by atoms with Gasteiger partial charge in [0.2, 0.25) is 0 Å². The molecule has 2 heterocycles. The Hall–Kier alpha value is -1.62. The van der Waals surface area contributed by atoms with E-state index in [-0.39, 0.29) is 0 Å². The first-order chi connectivity index (χ1) is 9.86. The predicted molar refractivity (Wildman–Crippen MR) is 78.6 cm³/mol. The highest BCUT2D eigenvalue weighted by Crippen LogP contribution is 2.34. The molecular weight excluding hydrogens is 250 g/mol. The zero-order chi connectivity index (χ0) is 13.5. The van der Waals surface area contributed by atoms with Gasteiger partial charge in [0, 0.05) is 23.2 Å². The van der Waals surface area contributed by atoms with Crippen molar-refractivity contribution in [2.24, 2.45) is 5.84 Å². The Morgan fingerprint density at radius 3 is 2.80 bits per heavy atom. The Bertz CT molecular complexity index is 639. The normalized spacial score (nSPS) is 19.4. The molecular formula is C15H21N5. The lowest BCUT2D eigenvalue weighted by Crippen LogP contribution is -2.15. The van der Waals surface area contributed by atoms with Crippen LogP contribution in [0.3, 0.4) is 0 Å². The van der Waals surface area contributed by atoms with Crippen molar-refractivity contribution in [2.45, 2.75) is 57.3 Å². The van der Waals surface area contributed by atoms with E-state index in [1.807, 2.05) is 4.52 Å². The van der Waals surface area contributed by atoms with Gasteiger partial charge in [0.05, 0.1) is 5.69 Å². The third-order valence-electron chi connectivity index (χ3n) is 4.81. The highest BCUT2D eigenvalue weighted by Gasteiger charge is 2.23. The fourth-order valence-electron chi connectivity index (χ4n) is 3.75. The second-order valence-corrected chi connectivity index (χ2v) is 6.06. The van der Waals surface area contributed by atoms with Crippen molar-refractivity contribution in [1.29, 1.82) is 0 Å². The van der Waals surface area contributed by atoms with Crippen LogP contribution in [0.4, 0.5) is 5.82 Å². The lowest BCUT2D eigenvalue weighted by Gasteiger charge is -2.19. The number of hydrogen-bond donors (Lipinski definition) is 2. The van der Waals surface area contributed by atoms with Gasteiger partial charge in [-0.25, -0.2) is 10.8 Å². The van der Waals surface area contributed by atoms with Gasteiger partial charge >= 0.3 is 0 Å². The molecule has 20 heavy (non-hydrogen) atoms. The monoisotopic (exact) mass is 271 g/mol. The molecule has 106 valence electrons. The van der Waals surface area contributed by atoms with Crippen molar-refractivity contribution in [3.8, 4) is 0 Å². The van der Waals surface area contributed by atoms with Gasteiger partial charge in [-0.1, -0.05) is 19.3 Å². The second-order valence-electron chi connectivity index (χ2n) is 6.06. The second kappa shape index (κ2) is 4.74. The quantitative estimate of drug-likeness (QED) is 0.650. The average Bonchev–Trinajstić information content (AvgIpc) is 3.11. The van der Waals surface area contributed by atoms with Crippen LogP contribution < -0.4 is 11.3 Å². The van der Waals surface area contributed by atoms with Crippen LogP contribution in [0.5, 0.6) is 0 Å². The summed E-state index contributed by atoms with van der Waals surface area (Å²) in [6.07, 6.45) is 9.81. The van der Waals surface area contributed by atoms with Crippen LogP contribution >= 0.6 is 0 Å². The molecule has 0 radical (unpaired) electrons. The van der Waals surface area contributed by atoms with Gasteiger partial charge in [-0.2, -0.15) is 9.61 Å². The topological polar surface area (TPSA) is 68.2 Å². The van der Waals surface area contributed by atoms with Crippen LogP contribution in [0.25, 0.3) is 5.65 Å². The number of hydrazine groups is 1. The van der Waals surface area contributed by atoms with Gasteiger partial charge in [0.1, 0.15) is 5.82 Å². The highest BCUT2D eigenvalue weighted by molar-refractivity contribution is 5.57. The molecule has 0 aliphatic heterocycles. The maximum atomic E-state index is 5.74. The minimum absolute atomic E-state index is 0.603. The van der Waals surface area contributed by atoms with Crippen molar-refractivity contribution in [3.05, 3.63) is 23.0 Å². The van der Waals surface area contributed by atoms with Crippen LogP contribution in [0, 0.1) is 0 Å². The fraction of sp³-hybridized carbons (Fsp3) is 0.600. The van der Waals surface area contributed by atoms with Crippen LogP contribution in [-0.2, 0) is 12.8 Å². The number of nitrogens with one attached hydrogen (secondary N) is 1. The largest absolute Gasteiger partial charge is 0.308 e. The number of nitrogens with zero attached hydrogens (tertiary/aromatic N) is 3. The number of hydrogen-bond acceptors (Lipinski definition) is 4. The van der Waals surface area contributed by atoms with E-state index in [2.05, 4.69) is 11.5 Å². The zero-order valence-electron chi connectivity index (χ0n) is 11.7. The van der Waals surface area contributed by atoms with Crippen LogP contribution in [-0.4, -0.2) is 14.6 Å². The molecule has 2 aromatic heterocycles.